The van der Waals surface area contributed by atoms with Crippen LogP contribution in [0.15, 0.2) is 304 Å². The topological polar surface area (TPSA) is 91.3 Å². The molecule has 12 heteroatoms. The number of imidazole rings is 3. The van der Waals surface area contributed by atoms with Gasteiger partial charge in [-0.1, -0.05) is 170 Å². The maximum absolute atomic E-state index is 6.51. The van der Waals surface area contributed by atoms with Gasteiger partial charge in [0.2, 0.25) is 0 Å². The molecule has 0 aliphatic rings. The first-order valence-corrected chi connectivity index (χ1v) is 37.7. The predicted octanol–water partition coefficient (Wildman–Crippen LogP) is 27.2. The van der Waals surface area contributed by atoms with E-state index in [1.165, 1.54) is 109 Å². The molecule has 15 aromatic carbocycles. The zero-order chi connectivity index (χ0) is 68.0. The Kier molecular flexibility index (Phi) is 11.1. The summed E-state index contributed by atoms with van der Waals surface area (Å²) in [6.07, 6.45) is 0. The van der Waals surface area contributed by atoms with Crippen molar-refractivity contribution in [3.8, 4) is 0 Å². The lowest BCUT2D eigenvalue weighted by Gasteiger charge is -2.11. The van der Waals surface area contributed by atoms with E-state index in [1.807, 2.05) is 70.4 Å². The van der Waals surface area contributed by atoms with Crippen LogP contribution in [0.25, 0.3) is 241 Å². The van der Waals surface area contributed by atoms with Crippen LogP contribution in [0.1, 0.15) is 0 Å². The fraction of sp³-hybridized carbons (Fsp3) is 0. The molecule has 27 rings (SSSR count). The van der Waals surface area contributed by atoms with E-state index in [2.05, 4.69) is 268 Å². The van der Waals surface area contributed by atoms with Gasteiger partial charge in [0.15, 0.2) is 0 Å². The molecule has 0 aliphatic heterocycles. The predicted molar refractivity (Wildman–Crippen MR) is 444 cm³/mol. The molecule has 9 nitrogen and oxygen atoms in total. The molecule has 0 saturated carbocycles. The van der Waals surface area contributed by atoms with Crippen LogP contribution in [-0.2, 0) is 0 Å². The summed E-state index contributed by atoms with van der Waals surface area (Å²) in [7, 11) is 0. The standard InChI is InChI=1S/3C31H16N2OS/c1-5-11-26-17(7-1)20-14-13-19-21-16-28-22(18-8-2-6-12-27(18)35-28)15-25(21)33-24-10-4-3-9-23(24)32-31(33)29(19)30(20)34-26;1-5-11-26-17(7-1)20-14-13-19-21-15-22-18-8-2-6-12-27(18)35-28(22)16-25(21)33-24-10-4-3-9-23(24)32-31(33)29(19)30(20)34-26;1-5-11-24-17(7-1)20-14-13-18-19-15-16-26-27(21-8-2-6-12-25(21)35-26)29(19)33-23-10-4-3-9-22(23)32-31(33)28(18)30(20)34-24/h3*1-16H. The summed E-state index contributed by atoms with van der Waals surface area (Å²) in [5, 5.41) is 25.0. The van der Waals surface area contributed by atoms with Crippen LogP contribution in [0, 0.1) is 0 Å². The molecule has 27 aromatic rings. The molecule has 0 fully saturated rings. The Labute approximate surface area is 603 Å². The number of fused-ring (bicyclic) bond motifs is 46. The summed E-state index contributed by atoms with van der Waals surface area (Å²) in [6.45, 7) is 0. The number of hydrogen-bond donors (Lipinski definition) is 0. The van der Waals surface area contributed by atoms with Crippen LogP contribution in [0.4, 0.5) is 0 Å². The van der Waals surface area contributed by atoms with Gasteiger partial charge in [-0.2, -0.15) is 0 Å². The van der Waals surface area contributed by atoms with E-state index >= 15 is 0 Å². The van der Waals surface area contributed by atoms with Crippen molar-refractivity contribution in [3.63, 3.8) is 0 Å². The number of furan rings is 3. The minimum atomic E-state index is 0.904. The fourth-order valence-electron chi connectivity index (χ4n) is 17.6. The van der Waals surface area contributed by atoms with Crippen molar-refractivity contribution in [3.05, 3.63) is 291 Å². The van der Waals surface area contributed by atoms with Crippen molar-refractivity contribution >= 4 is 275 Å². The van der Waals surface area contributed by atoms with Gasteiger partial charge in [0.1, 0.15) is 50.4 Å². The van der Waals surface area contributed by atoms with Gasteiger partial charge in [0, 0.05) is 109 Å². The Hall–Kier alpha value is -13.2. The number of hydrogen-bond acceptors (Lipinski definition) is 9. The maximum atomic E-state index is 6.51. The van der Waals surface area contributed by atoms with Crippen molar-refractivity contribution < 1.29 is 13.3 Å². The number of aromatic nitrogens is 6. The second kappa shape index (κ2) is 20.7. The van der Waals surface area contributed by atoms with Crippen LogP contribution >= 0.6 is 34.0 Å². The fourth-order valence-corrected chi connectivity index (χ4v) is 20.9. The zero-order valence-electron chi connectivity index (χ0n) is 55.3. The third kappa shape index (κ3) is 7.65. The smallest absolute Gasteiger partial charge is 0.150 e. The van der Waals surface area contributed by atoms with Gasteiger partial charge in [-0.05, 0) is 137 Å². The summed E-state index contributed by atoms with van der Waals surface area (Å²) in [5.74, 6) is 0. The number of nitrogens with zero attached hydrogens (tertiary/aromatic N) is 6. The molecule has 0 spiro atoms. The van der Waals surface area contributed by atoms with E-state index in [9.17, 15) is 0 Å². The molecular weight excluding hydrogens is 1350 g/mol. The number of rotatable bonds is 0. The lowest BCUT2D eigenvalue weighted by atomic mass is 10.0. The zero-order valence-corrected chi connectivity index (χ0v) is 57.8. The molecule has 486 valence electrons. The Morgan fingerprint density at radius 3 is 1.08 bits per heavy atom. The Morgan fingerprint density at radius 2 is 0.562 bits per heavy atom. The Balaban J connectivity index is 0.0000000914. The van der Waals surface area contributed by atoms with E-state index in [0.29, 0.717) is 0 Å². The third-order valence-electron chi connectivity index (χ3n) is 22.1. The van der Waals surface area contributed by atoms with E-state index in [0.717, 1.165) is 132 Å². The average molecular weight is 1390 g/mol. The van der Waals surface area contributed by atoms with Crippen LogP contribution < -0.4 is 0 Å². The second-order valence-corrected chi connectivity index (χ2v) is 30.8. The quantitative estimate of drug-likeness (QED) is 0.141. The summed E-state index contributed by atoms with van der Waals surface area (Å²) in [6, 6.07) is 103. The van der Waals surface area contributed by atoms with Crippen molar-refractivity contribution in [1.82, 2.24) is 28.2 Å². The molecule has 105 heavy (non-hydrogen) atoms. The Morgan fingerprint density at radius 1 is 0.210 bits per heavy atom. The van der Waals surface area contributed by atoms with E-state index in [4.69, 9.17) is 28.2 Å². The normalized spacial score (nSPS) is 12.6. The van der Waals surface area contributed by atoms with Gasteiger partial charge < -0.3 is 13.3 Å². The molecular formula is C93H48N6O3S3. The monoisotopic (exact) mass is 1390 g/mol. The molecule has 0 radical (unpaired) electrons. The van der Waals surface area contributed by atoms with Crippen LogP contribution in [0.2, 0.25) is 0 Å². The highest BCUT2D eigenvalue weighted by molar-refractivity contribution is 7.26. The molecule has 12 aromatic heterocycles. The summed E-state index contributed by atoms with van der Waals surface area (Å²) in [4.78, 5) is 15.5. The molecule has 12 heterocycles. The van der Waals surface area contributed by atoms with Gasteiger partial charge in [0.05, 0.1) is 65.8 Å². The van der Waals surface area contributed by atoms with E-state index in [-0.39, 0.29) is 0 Å². The van der Waals surface area contributed by atoms with Crippen LogP contribution in [0.5, 0.6) is 0 Å². The molecule has 0 unspecified atom stereocenters. The van der Waals surface area contributed by atoms with Crippen molar-refractivity contribution in [2.45, 2.75) is 0 Å². The van der Waals surface area contributed by atoms with E-state index in [1.54, 1.807) is 0 Å². The molecule has 0 atom stereocenters. The van der Waals surface area contributed by atoms with Crippen molar-refractivity contribution in [1.29, 1.82) is 0 Å². The first-order valence-electron chi connectivity index (χ1n) is 35.2. The van der Waals surface area contributed by atoms with Crippen molar-refractivity contribution in [2.75, 3.05) is 0 Å². The summed E-state index contributed by atoms with van der Waals surface area (Å²) >= 11 is 5.56. The lowest BCUT2D eigenvalue weighted by Crippen LogP contribution is -1.92. The first-order chi connectivity index (χ1) is 52.1. The second-order valence-electron chi connectivity index (χ2n) is 27.5. The van der Waals surface area contributed by atoms with Gasteiger partial charge in [0.25, 0.3) is 0 Å². The SMILES string of the molecule is c1ccc2c(c1)nc1c3c(ccc4c5ccccc5oc43)c3cc4c(cc3n21)sc1ccccc14.c1ccc2c(c1)nc1c3c(ccc4c5ccccc5oc43)c3cc4sc5ccccc5c4cc3n21.c1ccc2c(c1)nc1c3c(ccc4c5ccccc5oc43)c3ccc4sc5ccccc5c4c3n21. The highest BCUT2D eigenvalue weighted by Gasteiger charge is 2.26. The van der Waals surface area contributed by atoms with Gasteiger partial charge in [-0.25, -0.2) is 15.0 Å². The minimum absolute atomic E-state index is 0.904. The molecule has 0 amide bonds. The largest absolute Gasteiger partial charge is 0.455 e. The number of benzene rings is 15. The molecule has 0 bridgehead atoms. The third-order valence-corrected chi connectivity index (χ3v) is 25.5. The molecule has 0 aliphatic carbocycles. The minimum Gasteiger partial charge on any atom is -0.455 e. The number of thiophene rings is 3. The lowest BCUT2D eigenvalue weighted by molar-refractivity contribution is 0.672. The molecule has 0 N–H and O–H groups in total. The Bertz CT molecular complexity index is 8470. The average Bonchev–Trinajstić information content (AvgIpc) is 1.58. The van der Waals surface area contributed by atoms with Gasteiger partial charge >= 0.3 is 0 Å². The number of pyridine rings is 3. The van der Waals surface area contributed by atoms with E-state index < -0.39 is 0 Å². The highest BCUT2D eigenvalue weighted by Crippen LogP contribution is 2.49. The summed E-state index contributed by atoms with van der Waals surface area (Å²) < 4.78 is 34.4. The van der Waals surface area contributed by atoms with Gasteiger partial charge in [-0.3, -0.25) is 13.2 Å². The summed E-state index contributed by atoms with van der Waals surface area (Å²) in [5.41, 5.74) is 18.1. The maximum Gasteiger partial charge on any atom is 0.150 e. The first kappa shape index (κ1) is 56.4. The number of para-hydroxylation sites is 9. The highest BCUT2D eigenvalue weighted by atomic mass is 32.1. The van der Waals surface area contributed by atoms with Crippen LogP contribution in [0.3, 0.4) is 0 Å². The molecule has 0 saturated heterocycles. The van der Waals surface area contributed by atoms with Crippen LogP contribution in [-0.4, -0.2) is 28.2 Å². The van der Waals surface area contributed by atoms with Gasteiger partial charge in [-0.15, -0.1) is 34.0 Å². The van der Waals surface area contributed by atoms with Crippen molar-refractivity contribution in [2.24, 2.45) is 0 Å².